The molecule has 1 atom stereocenters. The Bertz CT molecular complexity index is 1070. The number of aliphatic hydroxyl groups is 1. The summed E-state index contributed by atoms with van der Waals surface area (Å²) in [5, 5.41) is 15.6. The minimum atomic E-state index is -0.659. The van der Waals surface area contributed by atoms with E-state index in [1.807, 2.05) is 65.3 Å². The van der Waals surface area contributed by atoms with E-state index in [1.165, 1.54) is 0 Å². The molecule has 0 spiro atoms. The molecule has 1 unspecified atom stereocenters. The van der Waals surface area contributed by atoms with Gasteiger partial charge in [-0.25, -0.2) is 0 Å². The van der Waals surface area contributed by atoms with Crippen LogP contribution in [0.25, 0.3) is 22.4 Å². The zero-order valence-electron chi connectivity index (χ0n) is 16.6. The summed E-state index contributed by atoms with van der Waals surface area (Å²) in [4.78, 5) is 0. The normalized spacial score (nSPS) is 12.0. The number of ether oxygens (including phenoxy) is 1. The van der Waals surface area contributed by atoms with Crippen LogP contribution in [0.1, 0.15) is 24.3 Å². The number of hydrogen-bond donors (Lipinski definition) is 1. The molecule has 0 aliphatic rings. The first kappa shape index (κ1) is 19.0. The first-order valence-corrected chi connectivity index (χ1v) is 9.70. The van der Waals surface area contributed by atoms with Crippen molar-refractivity contribution in [3.05, 3.63) is 96.2 Å². The van der Waals surface area contributed by atoms with Crippen LogP contribution < -0.4 is 4.74 Å². The number of hydrogen-bond acceptors (Lipinski definition) is 3. The Kier molecular flexibility index (Phi) is 5.45. The van der Waals surface area contributed by atoms with E-state index >= 15 is 0 Å². The van der Waals surface area contributed by atoms with E-state index in [2.05, 4.69) is 24.3 Å². The highest BCUT2D eigenvalue weighted by atomic mass is 16.5. The molecule has 4 rings (SSSR count). The van der Waals surface area contributed by atoms with E-state index in [9.17, 15) is 5.11 Å². The van der Waals surface area contributed by atoms with Gasteiger partial charge in [0.2, 0.25) is 0 Å². The molecule has 0 radical (unpaired) electrons. The summed E-state index contributed by atoms with van der Waals surface area (Å²) in [5.41, 5.74) is 5.83. The summed E-state index contributed by atoms with van der Waals surface area (Å²) < 4.78 is 7.17. The van der Waals surface area contributed by atoms with Crippen LogP contribution in [0.5, 0.6) is 5.75 Å². The van der Waals surface area contributed by atoms with Crippen LogP contribution in [-0.4, -0.2) is 22.0 Å². The van der Waals surface area contributed by atoms with Crippen LogP contribution in [0.4, 0.5) is 0 Å². The molecule has 4 heteroatoms. The third kappa shape index (κ3) is 3.93. The Morgan fingerprint density at radius 1 is 0.862 bits per heavy atom. The second-order valence-corrected chi connectivity index (χ2v) is 7.02. The van der Waals surface area contributed by atoms with E-state index in [-0.39, 0.29) is 0 Å². The van der Waals surface area contributed by atoms with Gasteiger partial charge in [-0.2, -0.15) is 5.10 Å². The summed E-state index contributed by atoms with van der Waals surface area (Å²) in [5.74, 6) is 0.819. The van der Waals surface area contributed by atoms with Crippen molar-refractivity contribution in [2.24, 2.45) is 0 Å². The number of methoxy groups -OCH3 is 1. The lowest BCUT2D eigenvalue weighted by molar-refractivity contribution is 0.188. The number of nitrogens with zero attached hydrogens (tertiary/aromatic N) is 2. The van der Waals surface area contributed by atoms with E-state index in [4.69, 9.17) is 9.84 Å². The molecule has 0 saturated carbocycles. The van der Waals surface area contributed by atoms with Gasteiger partial charge in [0.15, 0.2) is 0 Å². The minimum absolute atomic E-state index is 0.566. The lowest BCUT2D eigenvalue weighted by Gasteiger charge is -2.13. The van der Waals surface area contributed by atoms with Crippen molar-refractivity contribution < 1.29 is 9.84 Å². The fourth-order valence-electron chi connectivity index (χ4n) is 3.61. The largest absolute Gasteiger partial charge is 0.497 e. The molecule has 146 valence electrons. The summed E-state index contributed by atoms with van der Waals surface area (Å²) >= 11 is 0. The van der Waals surface area contributed by atoms with Crippen LogP contribution in [0.3, 0.4) is 0 Å². The predicted octanol–water partition coefficient (Wildman–Crippen LogP) is 5.33. The van der Waals surface area contributed by atoms with Crippen LogP contribution in [-0.2, 0) is 6.54 Å². The molecule has 1 N–H and O–H groups in total. The molecule has 0 aliphatic carbocycles. The SMILES string of the molecule is COc1ccc(Cn2nc(-c3ccccc3)c(-c3ccccc3)c2C(C)O)cc1. The van der Waals surface area contributed by atoms with Crippen molar-refractivity contribution in [2.75, 3.05) is 7.11 Å². The highest BCUT2D eigenvalue weighted by molar-refractivity contribution is 5.83. The second-order valence-electron chi connectivity index (χ2n) is 7.02. The molecule has 4 nitrogen and oxygen atoms in total. The first-order chi connectivity index (χ1) is 14.2. The van der Waals surface area contributed by atoms with E-state index < -0.39 is 6.10 Å². The summed E-state index contributed by atoms with van der Waals surface area (Å²) in [6.07, 6.45) is -0.659. The predicted molar refractivity (Wildman–Crippen MR) is 116 cm³/mol. The fourth-order valence-corrected chi connectivity index (χ4v) is 3.61. The summed E-state index contributed by atoms with van der Waals surface area (Å²) in [6, 6.07) is 28.2. The number of aromatic nitrogens is 2. The maximum atomic E-state index is 10.7. The molecular formula is C25H24N2O2. The Morgan fingerprint density at radius 2 is 1.45 bits per heavy atom. The van der Waals surface area contributed by atoms with Gasteiger partial charge in [0.25, 0.3) is 0 Å². The molecule has 29 heavy (non-hydrogen) atoms. The van der Waals surface area contributed by atoms with E-state index in [0.29, 0.717) is 6.54 Å². The average Bonchev–Trinajstić information content (AvgIpc) is 3.15. The van der Waals surface area contributed by atoms with Gasteiger partial charge in [0.1, 0.15) is 11.4 Å². The standard InChI is InChI=1S/C25H24N2O2/c1-18(28)25-23(20-9-5-3-6-10-20)24(21-11-7-4-8-12-21)26-27(25)17-19-13-15-22(29-2)16-14-19/h3-16,18,28H,17H2,1-2H3. The van der Waals surface area contributed by atoms with Crippen LogP contribution in [0.2, 0.25) is 0 Å². The maximum Gasteiger partial charge on any atom is 0.118 e. The molecule has 4 aromatic rings. The lowest BCUT2D eigenvalue weighted by atomic mass is 9.97. The van der Waals surface area contributed by atoms with Crippen molar-refractivity contribution in [3.63, 3.8) is 0 Å². The molecule has 0 saturated heterocycles. The lowest BCUT2D eigenvalue weighted by Crippen LogP contribution is -2.09. The van der Waals surface area contributed by atoms with Gasteiger partial charge in [-0.3, -0.25) is 4.68 Å². The van der Waals surface area contributed by atoms with Crippen molar-refractivity contribution >= 4 is 0 Å². The Labute approximate surface area is 171 Å². The van der Waals surface area contributed by atoms with Gasteiger partial charge in [-0.15, -0.1) is 0 Å². The maximum absolute atomic E-state index is 10.7. The van der Waals surface area contributed by atoms with Gasteiger partial charge in [-0.1, -0.05) is 72.8 Å². The minimum Gasteiger partial charge on any atom is -0.497 e. The van der Waals surface area contributed by atoms with Crippen LogP contribution >= 0.6 is 0 Å². The molecule has 3 aromatic carbocycles. The molecule has 1 heterocycles. The number of rotatable bonds is 6. The Balaban J connectivity index is 1.88. The molecule has 0 aliphatic heterocycles. The number of aliphatic hydroxyl groups excluding tert-OH is 1. The second kappa shape index (κ2) is 8.33. The van der Waals surface area contributed by atoms with Gasteiger partial charge in [0, 0.05) is 11.1 Å². The highest BCUT2D eigenvalue weighted by Crippen LogP contribution is 2.37. The Morgan fingerprint density at radius 3 is 2.00 bits per heavy atom. The highest BCUT2D eigenvalue weighted by Gasteiger charge is 2.23. The van der Waals surface area contributed by atoms with Gasteiger partial charge >= 0.3 is 0 Å². The van der Waals surface area contributed by atoms with Crippen LogP contribution in [0.15, 0.2) is 84.9 Å². The number of benzene rings is 3. The fraction of sp³-hybridized carbons (Fsp3) is 0.160. The summed E-state index contributed by atoms with van der Waals surface area (Å²) in [7, 11) is 1.66. The van der Waals surface area contributed by atoms with Gasteiger partial charge in [-0.05, 0) is 30.2 Å². The topological polar surface area (TPSA) is 47.3 Å². The zero-order chi connectivity index (χ0) is 20.2. The zero-order valence-corrected chi connectivity index (χ0v) is 16.6. The smallest absolute Gasteiger partial charge is 0.118 e. The van der Waals surface area contributed by atoms with Crippen molar-refractivity contribution in [3.8, 4) is 28.1 Å². The van der Waals surface area contributed by atoms with Crippen molar-refractivity contribution in [2.45, 2.75) is 19.6 Å². The third-order valence-electron chi connectivity index (χ3n) is 4.99. The van der Waals surface area contributed by atoms with Crippen LogP contribution in [0, 0.1) is 0 Å². The van der Waals surface area contributed by atoms with E-state index in [1.54, 1.807) is 14.0 Å². The molecule has 0 bridgehead atoms. The molecule has 0 fully saturated rings. The third-order valence-corrected chi connectivity index (χ3v) is 4.99. The average molecular weight is 384 g/mol. The summed E-state index contributed by atoms with van der Waals surface area (Å²) in [6.45, 7) is 2.36. The molecular weight excluding hydrogens is 360 g/mol. The van der Waals surface area contributed by atoms with Gasteiger partial charge < -0.3 is 9.84 Å². The first-order valence-electron chi connectivity index (χ1n) is 9.70. The van der Waals surface area contributed by atoms with Crippen molar-refractivity contribution in [1.82, 2.24) is 9.78 Å². The quantitative estimate of drug-likeness (QED) is 0.489. The molecule has 0 amide bonds. The monoisotopic (exact) mass is 384 g/mol. The van der Waals surface area contributed by atoms with Crippen molar-refractivity contribution in [1.29, 1.82) is 0 Å². The van der Waals surface area contributed by atoms with Gasteiger partial charge in [0.05, 0.1) is 25.5 Å². The molecule has 1 aromatic heterocycles. The van der Waals surface area contributed by atoms with E-state index in [0.717, 1.165) is 39.4 Å². The Hall–Kier alpha value is -3.37.